The van der Waals surface area contributed by atoms with Crippen LogP contribution in [0, 0.1) is 0 Å². The van der Waals surface area contributed by atoms with Gasteiger partial charge in [0.15, 0.2) is 0 Å². The lowest BCUT2D eigenvalue weighted by Crippen LogP contribution is -2.45. The molecular formula is C25H29Cl3N4O2. The Morgan fingerprint density at radius 2 is 2.06 bits per heavy atom. The summed E-state index contributed by atoms with van der Waals surface area (Å²) in [5.41, 5.74) is 3.73. The van der Waals surface area contributed by atoms with E-state index in [1.807, 2.05) is 41.6 Å². The number of nitrogens with one attached hydrogen (secondary N) is 1. The molecule has 0 unspecified atom stereocenters. The van der Waals surface area contributed by atoms with Crippen molar-refractivity contribution in [2.45, 2.75) is 50.5 Å². The summed E-state index contributed by atoms with van der Waals surface area (Å²) in [6, 6.07) is 10.4. The number of nitrogens with zero attached hydrogens (tertiary/aromatic N) is 3. The molecule has 6 nitrogen and oxygen atoms in total. The molecule has 3 aliphatic heterocycles. The number of carbonyl (C=O) groups excluding carboxylic acids is 1. The topological polar surface area (TPSA) is 59.4 Å². The van der Waals surface area contributed by atoms with E-state index in [0.29, 0.717) is 30.8 Å². The number of rotatable bonds is 3. The number of fused-ring (bicyclic) bond motifs is 3. The van der Waals surface area contributed by atoms with Crippen LogP contribution in [0.5, 0.6) is 0 Å². The molecule has 0 aliphatic carbocycles. The van der Waals surface area contributed by atoms with Gasteiger partial charge in [-0.25, -0.2) is 0 Å². The van der Waals surface area contributed by atoms with Crippen LogP contribution in [0.1, 0.15) is 47.3 Å². The van der Waals surface area contributed by atoms with Crippen LogP contribution in [0.25, 0.3) is 10.9 Å². The number of hydrogen-bond donors (Lipinski definition) is 1. The Bertz CT molecular complexity index is 1180. The fourth-order valence-corrected chi connectivity index (χ4v) is 5.81. The second-order valence-corrected chi connectivity index (χ2v) is 9.66. The van der Waals surface area contributed by atoms with Gasteiger partial charge in [0.25, 0.3) is 5.91 Å². The first-order valence-corrected chi connectivity index (χ1v) is 11.9. The number of hydrogen-bond acceptors (Lipinski definition) is 4. The monoisotopic (exact) mass is 522 g/mol. The van der Waals surface area contributed by atoms with Crippen molar-refractivity contribution in [1.29, 1.82) is 0 Å². The van der Waals surface area contributed by atoms with E-state index < -0.39 is 0 Å². The first-order chi connectivity index (χ1) is 15.6. The molecule has 0 radical (unpaired) electrons. The second-order valence-electron chi connectivity index (χ2n) is 9.22. The molecule has 1 spiro atoms. The van der Waals surface area contributed by atoms with Crippen molar-refractivity contribution in [3.63, 3.8) is 0 Å². The average molecular weight is 524 g/mol. The lowest BCUT2D eigenvalue weighted by atomic mass is 9.85. The largest absolute Gasteiger partial charge is 0.364 e. The summed E-state index contributed by atoms with van der Waals surface area (Å²) in [5.74, 6) is 0.0923. The number of ether oxygens (including phenoxy) is 1. The van der Waals surface area contributed by atoms with Crippen molar-refractivity contribution in [2.75, 3.05) is 19.6 Å². The summed E-state index contributed by atoms with van der Waals surface area (Å²) in [6.45, 7) is 3.83. The zero-order chi connectivity index (χ0) is 21.7. The molecule has 3 aromatic rings. The van der Waals surface area contributed by atoms with Crippen LogP contribution >= 0.6 is 36.4 Å². The van der Waals surface area contributed by atoms with Crippen LogP contribution in [0.15, 0.2) is 42.7 Å². The smallest absolute Gasteiger partial charge is 0.256 e. The lowest BCUT2D eigenvalue weighted by Gasteiger charge is -2.39. The maximum atomic E-state index is 13.6. The number of carbonyl (C=O) groups is 1. The highest BCUT2D eigenvalue weighted by Crippen LogP contribution is 2.43. The molecule has 2 aromatic heterocycles. The van der Waals surface area contributed by atoms with Gasteiger partial charge in [-0.1, -0.05) is 23.7 Å². The highest BCUT2D eigenvalue weighted by Gasteiger charge is 2.44. The maximum Gasteiger partial charge on any atom is 0.256 e. The SMILES string of the molecule is Cl.Cl.O=C(c1cn(C[C@@H]2CCCN2)c2cc(Cl)ccc12)N1CCC2(CC1)OCc1ncccc12. The van der Waals surface area contributed by atoms with Gasteiger partial charge in [-0.15, -0.1) is 24.8 Å². The molecule has 1 aromatic carbocycles. The van der Waals surface area contributed by atoms with Gasteiger partial charge in [0.2, 0.25) is 0 Å². The van der Waals surface area contributed by atoms with E-state index in [1.165, 1.54) is 12.0 Å². The van der Waals surface area contributed by atoms with Gasteiger partial charge in [0.05, 0.1) is 29.0 Å². The normalized spacial score (nSPS) is 20.7. The predicted molar refractivity (Wildman–Crippen MR) is 138 cm³/mol. The average Bonchev–Trinajstić information content (AvgIpc) is 3.54. The van der Waals surface area contributed by atoms with Gasteiger partial charge in [-0.3, -0.25) is 9.78 Å². The number of aromatic nitrogens is 2. The third-order valence-electron chi connectivity index (χ3n) is 7.38. The summed E-state index contributed by atoms with van der Waals surface area (Å²) in [5, 5.41) is 5.23. The molecule has 9 heteroatoms. The van der Waals surface area contributed by atoms with E-state index in [2.05, 4.69) is 20.9 Å². The van der Waals surface area contributed by atoms with Gasteiger partial charge in [0, 0.05) is 54.0 Å². The molecular weight excluding hydrogens is 495 g/mol. The van der Waals surface area contributed by atoms with Gasteiger partial charge >= 0.3 is 0 Å². The molecule has 5 heterocycles. The minimum Gasteiger partial charge on any atom is -0.364 e. The summed E-state index contributed by atoms with van der Waals surface area (Å²) < 4.78 is 8.42. The third kappa shape index (κ3) is 4.31. The molecule has 1 amide bonds. The van der Waals surface area contributed by atoms with Gasteiger partial charge < -0.3 is 19.5 Å². The van der Waals surface area contributed by atoms with E-state index in [4.69, 9.17) is 16.3 Å². The van der Waals surface area contributed by atoms with Gasteiger partial charge in [-0.05, 0) is 50.4 Å². The number of likely N-dealkylation sites (tertiary alicyclic amines) is 1. The Hall–Kier alpha value is -1.83. The second kappa shape index (κ2) is 10.0. The van der Waals surface area contributed by atoms with Crippen molar-refractivity contribution in [3.05, 3.63) is 64.6 Å². The van der Waals surface area contributed by atoms with E-state index in [9.17, 15) is 4.79 Å². The summed E-state index contributed by atoms with van der Waals surface area (Å²) in [6.07, 6.45) is 7.81. The van der Waals surface area contributed by atoms with Crippen LogP contribution < -0.4 is 5.32 Å². The van der Waals surface area contributed by atoms with Crippen molar-refractivity contribution in [1.82, 2.24) is 19.8 Å². The predicted octanol–water partition coefficient (Wildman–Crippen LogP) is 4.95. The molecule has 0 saturated carbocycles. The number of halogens is 3. The Kier molecular flexibility index (Phi) is 7.46. The highest BCUT2D eigenvalue weighted by molar-refractivity contribution is 6.31. The summed E-state index contributed by atoms with van der Waals surface area (Å²) >= 11 is 6.31. The Morgan fingerprint density at radius 3 is 2.82 bits per heavy atom. The number of pyridine rings is 1. The summed E-state index contributed by atoms with van der Waals surface area (Å²) in [7, 11) is 0. The molecule has 2 fully saturated rings. The zero-order valence-electron chi connectivity index (χ0n) is 18.8. The molecule has 1 atom stereocenters. The quantitative estimate of drug-likeness (QED) is 0.528. The first-order valence-electron chi connectivity index (χ1n) is 11.5. The molecule has 0 bridgehead atoms. The third-order valence-corrected chi connectivity index (χ3v) is 7.61. The highest BCUT2D eigenvalue weighted by atomic mass is 35.5. The van der Waals surface area contributed by atoms with Crippen LogP contribution in [0.3, 0.4) is 0 Å². The number of piperidine rings is 1. The van der Waals surface area contributed by atoms with E-state index in [0.717, 1.165) is 54.5 Å². The molecule has 1 N–H and O–H groups in total. The van der Waals surface area contributed by atoms with Crippen LogP contribution in [-0.4, -0.2) is 46.0 Å². The fourth-order valence-electron chi connectivity index (χ4n) is 5.64. The number of benzene rings is 1. The standard InChI is InChI=1S/C25H27ClN4O2.2ClH/c26-17-5-6-19-20(15-30(23(19)13-17)14-18-3-1-9-27-18)24(31)29-11-7-25(8-12-29)21-4-2-10-28-22(21)16-32-25;;/h2,4-6,10,13,15,18,27H,1,3,7-9,11-12,14,16H2;2*1H/t18-;;/m0../s1. The zero-order valence-corrected chi connectivity index (χ0v) is 21.2. The fraction of sp³-hybridized carbons (Fsp3) is 0.440. The Balaban J connectivity index is 0.00000137. The van der Waals surface area contributed by atoms with Crippen molar-refractivity contribution < 1.29 is 9.53 Å². The van der Waals surface area contributed by atoms with Crippen LogP contribution in [0.4, 0.5) is 0 Å². The molecule has 3 aliphatic rings. The Morgan fingerprint density at radius 1 is 1.24 bits per heavy atom. The summed E-state index contributed by atoms with van der Waals surface area (Å²) in [4.78, 5) is 20.1. The van der Waals surface area contributed by atoms with Crippen LogP contribution in [0.2, 0.25) is 5.02 Å². The lowest BCUT2D eigenvalue weighted by molar-refractivity contribution is -0.0744. The van der Waals surface area contributed by atoms with E-state index in [-0.39, 0.29) is 36.3 Å². The maximum absolute atomic E-state index is 13.6. The molecule has 34 heavy (non-hydrogen) atoms. The molecule has 6 rings (SSSR count). The van der Waals surface area contributed by atoms with Gasteiger partial charge in [0.1, 0.15) is 0 Å². The van der Waals surface area contributed by atoms with E-state index >= 15 is 0 Å². The van der Waals surface area contributed by atoms with Crippen molar-refractivity contribution >= 4 is 53.2 Å². The minimum absolute atomic E-state index is 0. The molecule has 2 saturated heterocycles. The van der Waals surface area contributed by atoms with E-state index in [1.54, 1.807) is 0 Å². The van der Waals surface area contributed by atoms with Crippen molar-refractivity contribution in [2.24, 2.45) is 0 Å². The minimum atomic E-state index is -0.296. The molecule has 182 valence electrons. The number of amides is 1. The Labute approximate surface area is 216 Å². The van der Waals surface area contributed by atoms with Crippen molar-refractivity contribution in [3.8, 4) is 0 Å². The van der Waals surface area contributed by atoms with Crippen LogP contribution in [-0.2, 0) is 23.5 Å². The first kappa shape index (κ1) is 25.3. The van der Waals surface area contributed by atoms with Gasteiger partial charge in [-0.2, -0.15) is 0 Å².